The van der Waals surface area contributed by atoms with Gasteiger partial charge >= 0.3 is 5.97 Å². The Kier molecular flexibility index (Phi) is 6.94. The molecule has 1 N–H and O–H groups in total. The van der Waals surface area contributed by atoms with Crippen molar-refractivity contribution in [3.05, 3.63) is 36.5 Å². The van der Waals surface area contributed by atoms with E-state index in [1.165, 1.54) is 6.08 Å². The van der Waals surface area contributed by atoms with Crippen molar-refractivity contribution in [2.45, 2.75) is 19.8 Å². The Hall–Kier alpha value is -1.31. The van der Waals surface area contributed by atoms with Gasteiger partial charge in [-0.1, -0.05) is 30.4 Å². The van der Waals surface area contributed by atoms with Crippen molar-refractivity contribution in [2.75, 3.05) is 0 Å². The van der Waals surface area contributed by atoms with Crippen molar-refractivity contribution in [3.63, 3.8) is 0 Å². The minimum atomic E-state index is -0.882. The summed E-state index contributed by atoms with van der Waals surface area (Å²) in [5.41, 5.74) is 0. The molecule has 0 spiro atoms. The first kappa shape index (κ1) is 10.7. The minimum Gasteiger partial charge on any atom is -0.478 e. The zero-order valence-corrected chi connectivity index (χ0v) is 7.23. The Balaban J connectivity index is 3.38. The molecular weight excluding hydrogens is 152 g/mol. The molecule has 0 rings (SSSR count). The maximum Gasteiger partial charge on any atom is 0.327 e. The third-order valence-corrected chi connectivity index (χ3v) is 1.20. The first-order valence-corrected chi connectivity index (χ1v) is 3.94. The van der Waals surface area contributed by atoms with E-state index in [1.54, 1.807) is 6.08 Å². The van der Waals surface area contributed by atoms with Crippen LogP contribution in [-0.2, 0) is 4.79 Å². The number of hydrogen-bond acceptors (Lipinski definition) is 1. The lowest BCUT2D eigenvalue weighted by Gasteiger charge is -1.83. The SMILES string of the molecule is C/C=C/C=C/CC/C=C/C(=O)O. The summed E-state index contributed by atoms with van der Waals surface area (Å²) in [6, 6.07) is 0. The Bertz CT molecular complexity index is 200. The average Bonchev–Trinajstić information content (AvgIpc) is 2.02. The van der Waals surface area contributed by atoms with Crippen LogP contribution in [-0.4, -0.2) is 11.1 Å². The molecular formula is C10H14O2. The smallest absolute Gasteiger partial charge is 0.327 e. The maximum atomic E-state index is 10.0. The summed E-state index contributed by atoms with van der Waals surface area (Å²) >= 11 is 0. The van der Waals surface area contributed by atoms with Crippen LogP contribution >= 0.6 is 0 Å². The molecule has 0 saturated carbocycles. The lowest BCUT2D eigenvalue weighted by Crippen LogP contribution is -1.84. The van der Waals surface area contributed by atoms with E-state index >= 15 is 0 Å². The Morgan fingerprint density at radius 3 is 2.50 bits per heavy atom. The molecule has 0 unspecified atom stereocenters. The number of rotatable bonds is 5. The highest BCUT2D eigenvalue weighted by atomic mass is 16.4. The van der Waals surface area contributed by atoms with E-state index in [1.807, 2.05) is 31.2 Å². The number of carbonyl (C=O) groups is 1. The highest BCUT2D eigenvalue weighted by Gasteiger charge is 1.82. The van der Waals surface area contributed by atoms with Gasteiger partial charge in [-0.05, 0) is 19.8 Å². The average molecular weight is 166 g/mol. The number of unbranched alkanes of at least 4 members (excludes halogenated alkanes) is 1. The normalized spacial score (nSPS) is 12.1. The molecule has 0 aromatic rings. The number of aliphatic carboxylic acids is 1. The highest BCUT2D eigenvalue weighted by Crippen LogP contribution is 1.92. The van der Waals surface area contributed by atoms with Crippen molar-refractivity contribution in [2.24, 2.45) is 0 Å². The van der Waals surface area contributed by atoms with Crippen LogP contribution in [0.2, 0.25) is 0 Å². The number of hydrogen-bond donors (Lipinski definition) is 1. The lowest BCUT2D eigenvalue weighted by molar-refractivity contribution is -0.131. The largest absolute Gasteiger partial charge is 0.478 e. The van der Waals surface area contributed by atoms with Gasteiger partial charge in [-0.3, -0.25) is 0 Å². The van der Waals surface area contributed by atoms with Crippen molar-refractivity contribution in [1.29, 1.82) is 0 Å². The molecule has 0 radical (unpaired) electrons. The third kappa shape index (κ3) is 8.69. The number of allylic oxidation sites excluding steroid dienone is 5. The van der Waals surface area contributed by atoms with E-state index in [2.05, 4.69) is 0 Å². The van der Waals surface area contributed by atoms with Crippen molar-refractivity contribution >= 4 is 5.97 Å². The second kappa shape index (κ2) is 7.79. The van der Waals surface area contributed by atoms with Crippen molar-refractivity contribution in [3.8, 4) is 0 Å². The standard InChI is InChI=1S/C10H14O2/c1-2-3-4-5-6-7-8-9-10(11)12/h2-5,8-9H,6-7H2,1H3,(H,11,12)/b3-2+,5-4+,9-8+. The van der Waals surface area contributed by atoms with Gasteiger partial charge in [0.1, 0.15) is 0 Å². The van der Waals surface area contributed by atoms with E-state index in [-0.39, 0.29) is 0 Å². The zero-order chi connectivity index (χ0) is 9.23. The molecule has 0 aromatic heterocycles. The third-order valence-electron chi connectivity index (χ3n) is 1.20. The van der Waals surface area contributed by atoms with Crippen LogP contribution in [0.5, 0.6) is 0 Å². The Labute approximate surface area is 72.9 Å². The molecule has 2 heteroatoms. The van der Waals surface area contributed by atoms with Gasteiger partial charge in [-0.2, -0.15) is 0 Å². The van der Waals surface area contributed by atoms with Crippen LogP contribution in [0.4, 0.5) is 0 Å². The van der Waals surface area contributed by atoms with Gasteiger partial charge in [-0.25, -0.2) is 4.79 Å². The molecule has 0 atom stereocenters. The maximum absolute atomic E-state index is 10.0. The fraction of sp³-hybridized carbons (Fsp3) is 0.300. The van der Waals surface area contributed by atoms with E-state index in [9.17, 15) is 4.79 Å². The zero-order valence-electron chi connectivity index (χ0n) is 7.23. The molecule has 66 valence electrons. The topological polar surface area (TPSA) is 37.3 Å². The molecule has 0 aliphatic rings. The minimum absolute atomic E-state index is 0.778. The van der Waals surface area contributed by atoms with E-state index in [0.29, 0.717) is 0 Å². The van der Waals surface area contributed by atoms with Gasteiger partial charge in [0.25, 0.3) is 0 Å². The molecule has 12 heavy (non-hydrogen) atoms. The second-order valence-corrected chi connectivity index (χ2v) is 2.27. The highest BCUT2D eigenvalue weighted by molar-refractivity contribution is 5.79. The second-order valence-electron chi connectivity index (χ2n) is 2.27. The molecule has 0 fully saturated rings. The van der Waals surface area contributed by atoms with Gasteiger partial charge in [-0.15, -0.1) is 0 Å². The summed E-state index contributed by atoms with van der Waals surface area (Å²) in [6.45, 7) is 1.95. The molecule has 0 heterocycles. The Morgan fingerprint density at radius 2 is 1.92 bits per heavy atom. The van der Waals surface area contributed by atoms with E-state index < -0.39 is 5.97 Å². The summed E-state index contributed by atoms with van der Waals surface area (Å²) < 4.78 is 0. The molecule has 0 aliphatic carbocycles. The van der Waals surface area contributed by atoms with Crippen LogP contribution < -0.4 is 0 Å². The Morgan fingerprint density at radius 1 is 1.25 bits per heavy atom. The summed E-state index contributed by atoms with van der Waals surface area (Å²) in [6.07, 6.45) is 12.3. The van der Waals surface area contributed by atoms with E-state index in [4.69, 9.17) is 5.11 Å². The number of carboxylic acids is 1. The molecule has 2 nitrogen and oxygen atoms in total. The van der Waals surface area contributed by atoms with Gasteiger partial charge in [0.15, 0.2) is 0 Å². The van der Waals surface area contributed by atoms with Crippen LogP contribution in [0.3, 0.4) is 0 Å². The van der Waals surface area contributed by atoms with Gasteiger partial charge in [0, 0.05) is 6.08 Å². The molecule has 0 aromatic carbocycles. The van der Waals surface area contributed by atoms with Gasteiger partial charge in [0.2, 0.25) is 0 Å². The van der Waals surface area contributed by atoms with Crippen LogP contribution in [0, 0.1) is 0 Å². The monoisotopic (exact) mass is 166 g/mol. The lowest BCUT2D eigenvalue weighted by atomic mass is 10.2. The number of carboxylic acid groups (broad SMARTS) is 1. The van der Waals surface area contributed by atoms with E-state index in [0.717, 1.165) is 12.8 Å². The van der Waals surface area contributed by atoms with Crippen LogP contribution in [0.25, 0.3) is 0 Å². The molecule has 0 aliphatic heterocycles. The van der Waals surface area contributed by atoms with Crippen molar-refractivity contribution < 1.29 is 9.90 Å². The predicted molar refractivity (Wildman–Crippen MR) is 50.0 cm³/mol. The van der Waals surface area contributed by atoms with Gasteiger partial charge < -0.3 is 5.11 Å². The molecule has 0 amide bonds. The fourth-order valence-electron chi connectivity index (χ4n) is 0.663. The predicted octanol–water partition coefficient (Wildman–Crippen LogP) is 2.54. The molecule has 0 bridgehead atoms. The van der Waals surface area contributed by atoms with Crippen LogP contribution in [0.15, 0.2) is 36.5 Å². The summed E-state index contributed by atoms with van der Waals surface area (Å²) in [5, 5.41) is 8.24. The molecule has 0 saturated heterocycles. The summed E-state index contributed by atoms with van der Waals surface area (Å²) in [4.78, 5) is 10.0. The summed E-state index contributed by atoms with van der Waals surface area (Å²) in [5.74, 6) is -0.882. The first-order valence-electron chi connectivity index (χ1n) is 3.94. The summed E-state index contributed by atoms with van der Waals surface area (Å²) in [7, 11) is 0. The fourth-order valence-corrected chi connectivity index (χ4v) is 0.663. The quantitative estimate of drug-likeness (QED) is 0.387. The first-order chi connectivity index (χ1) is 5.77. The van der Waals surface area contributed by atoms with Crippen LogP contribution in [0.1, 0.15) is 19.8 Å². The van der Waals surface area contributed by atoms with Gasteiger partial charge in [0.05, 0.1) is 0 Å². The van der Waals surface area contributed by atoms with Crippen molar-refractivity contribution in [1.82, 2.24) is 0 Å².